The van der Waals surface area contributed by atoms with E-state index in [4.69, 9.17) is 27.9 Å². The number of rotatable bonds is 6. The maximum Gasteiger partial charge on any atom is 0.346 e. The summed E-state index contributed by atoms with van der Waals surface area (Å²) in [5.41, 5.74) is 0.205. The van der Waals surface area contributed by atoms with Crippen molar-refractivity contribution in [1.82, 2.24) is 9.97 Å². The van der Waals surface area contributed by atoms with Gasteiger partial charge in [0.05, 0.1) is 28.1 Å². The molecule has 0 bridgehead atoms. The Morgan fingerprint density at radius 1 is 1.35 bits per heavy atom. The number of halogens is 2. The van der Waals surface area contributed by atoms with Gasteiger partial charge in [0.1, 0.15) is 10.6 Å². The SMILES string of the molecule is CCOC(=O)c1c(SCC(=O)Nc2cccc(Cl)c2Cl)nc(=O)[nH]c1C. The number of nitrogens with one attached hydrogen (secondary N) is 2. The van der Waals surface area contributed by atoms with Crippen LogP contribution in [0.4, 0.5) is 5.69 Å². The average molecular weight is 416 g/mol. The zero-order chi connectivity index (χ0) is 19.3. The molecule has 0 spiro atoms. The van der Waals surface area contributed by atoms with Crippen LogP contribution in [-0.4, -0.2) is 34.2 Å². The molecular formula is C16H15Cl2N3O4S. The number of benzene rings is 1. The van der Waals surface area contributed by atoms with Crippen molar-refractivity contribution < 1.29 is 14.3 Å². The van der Waals surface area contributed by atoms with Crippen molar-refractivity contribution in [2.45, 2.75) is 18.9 Å². The summed E-state index contributed by atoms with van der Waals surface area (Å²) in [7, 11) is 0. The molecule has 0 aliphatic rings. The lowest BCUT2D eigenvalue weighted by Crippen LogP contribution is -2.21. The number of aryl methyl sites for hydroxylation is 1. The van der Waals surface area contributed by atoms with Crippen LogP contribution >= 0.6 is 35.0 Å². The number of anilines is 1. The first-order valence-electron chi connectivity index (χ1n) is 7.48. The van der Waals surface area contributed by atoms with Crippen molar-refractivity contribution >= 4 is 52.5 Å². The number of H-pyrrole nitrogens is 1. The van der Waals surface area contributed by atoms with E-state index in [9.17, 15) is 14.4 Å². The summed E-state index contributed by atoms with van der Waals surface area (Å²) >= 11 is 12.9. The van der Waals surface area contributed by atoms with Gasteiger partial charge in [0.15, 0.2) is 0 Å². The first kappa shape index (κ1) is 20.3. The van der Waals surface area contributed by atoms with Crippen LogP contribution < -0.4 is 11.0 Å². The van der Waals surface area contributed by atoms with Crippen LogP contribution in [0.1, 0.15) is 23.0 Å². The maximum absolute atomic E-state index is 12.2. The molecule has 2 rings (SSSR count). The Bertz CT molecular complexity index is 902. The topological polar surface area (TPSA) is 101 Å². The lowest BCUT2D eigenvalue weighted by atomic mass is 10.2. The Balaban J connectivity index is 2.16. The molecule has 1 amide bonds. The molecule has 0 saturated heterocycles. The monoisotopic (exact) mass is 415 g/mol. The first-order chi connectivity index (χ1) is 12.3. The van der Waals surface area contributed by atoms with E-state index in [0.717, 1.165) is 11.8 Å². The van der Waals surface area contributed by atoms with E-state index in [1.54, 1.807) is 32.0 Å². The van der Waals surface area contributed by atoms with E-state index in [-0.39, 0.29) is 28.0 Å². The Morgan fingerprint density at radius 2 is 2.08 bits per heavy atom. The second kappa shape index (κ2) is 9.07. The van der Waals surface area contributed by atoms with Crippen LogP contribution in [0.25, 0.3) is 0 Å². The minimum Gasteiger partial charge on any atom is -0.462 e. The Labute approximate surface area is 163 Å². The van der Waals surface area contributed by atoms with E-state index >= 15 is 0 Å². The number of hydrogen-bond acceptors (Lipinski definition) is 6. The van der Waals surface area contributed by atoms with Gasteiger partial charge >= 0.3 is 11.7 Å². The van der Waals surface area contributed by atoms with Crippen molar-refractivity contribution in [3.8, 4) is 0 Å². The van der Waals surface area contributed by atoms with E-state index in [1.807, 2.05) is 0 Å². The van der Waals surface area contributed by atoms with Gasteiger partial charge in [0, 0.05) is 5.69 Å². The van der Waals surface area contributed by atoms with Gasteiger partial charge in [-0.2, -0.15) is 4.98 Å². The molecule has 26 heavy (non-hydrogen) atoms. The third-order valence-electron chi connectivity index (χ3n) is 3.13. The highest BCUT2D eigenvalue weighted by atomic mass is 35.5. The summed E-state index contributed by atoms with van der Waals surface area (Å²) in [5.74, 6) is -1.10. The predicted octanol–water partition coefficient (Wildman–Crippen LogP) is 3.29. The number of amides is 1. The minimum atomic E-state index is -0.616. The van der Waals surface area contributed by atoms with Crippen molar-refractivity contribution in [1.29, 1.82) is 0 Å². The number of nitrogens with zero attached hydrogens (tertiary/aromatic N) is 1. The maximum atomic E-state index is 12.2. The van der Waals surface area contributed by atoms with Gasteiger partial charge in [0.2, 0.25) is 5.91 Å². The molecule has 10 heteroatoms. The fraction of sp³-hybridized carbons (Fsp3) is 0.250. The van der Waals surface area contributed by atoms with Gasteiger partial charge < -0.3 is 15.0 Å². The number of carbonyl (C=O) groups excluding carboxylic acids is 2. The Morgan fingerprint density at radius 3 is 2.77 bits per heavy atom. The van der Waals surface area contributed by atoms with Gasteiger partial charge in [-0.25, -0.2) is 9.59 Å². The molecule has 0 unspecified atom stereocenters. The van der Waals surface area contributed by atoms with Gasteiger partial charge in [-0.3, -0.25) is 4.79 Å². The molecule has 0 radical (unpaired) electrons. The number of hydrogen-bond donors (Lipinski definition) is 2. The molecule has 1 aromatic carbocycles. The van der Waals surface area contributed by atoms with Crippen molar-refractivity contribution in [3.05, 3.63) is 50.0 Å². The highest BCUT2D eigenvalue weighted by molar-refractivity contribution is 8.00. The smallest absolute Gasteiger partial charge is 0.346 e. The lowest BCUT2D eigenvalue weighted by Gasteiger charge is -2.10. The fourth-order valence-electron chi connectivity index (χ4n) is 2.03. The summed E-state index contributed by atoms with van der Waals surface area (Å²) in [6.07, 6.45) is 0. The molecule has 0 saturated carbocycles. The molecule has 2 aromatic rings. The minimum absolute atomic E-state index is 0.0921. The van der Waals surface area contributed by atoms with Crippen molar-refractivity contribution in [2.24, 2.45) is 0 Å². The Hall–Kier alpha value is -2.03. The summed E-state index contributed by atoms with van der Waals surface area (Å²) in [4.78, 5) is 42.1. The van der Waals surface area contributed by atoms with Crippen LogP contribution in [-0.2, 0) is 9.53 Å². The lowest BCUT2D eigenvalue weighted by molar-refractivity contribution is -0.113. The van der Waals surface area contributed by atoms with E-state index in [2.05, 4.69) is 15.3 Å². The van der Waals surface area contributed by atoms with Crippen LogP contribution in [0.2, 0.25) is 10.0 Å². The van der Waals surface area contributed by atoms with Crippen LogP contribution in [0.5, 0.6) is 0 Å². The second-order valence-electron chi connectivity index (χ2n) is 5.01. The van der Waals surface area contributed by atoms with Crippen molar-refractivity contribution in [3.63, 3.8) is 0 Å². The van der Waals surface area contributed by atoms with Gasteiger partial charge in [-0.05, 0) is 26.0 Å². The first-order valence-corrected chi connectivity index (χ1v) is 9.22. The molecule has 138 valence electrons. The largest absolute Gasteiger partial charge is 0.462 e. The summed E-state index contributed by atoms with van der Waals surface area (Å²) in [5, 5.41) is 3.28. The zero-order valence-corrected chi connectivity index (χ0v) is 16.2. The number of thioether (sulfide) groups is 1. The van der Waals surface area contributed by atoms with Crippen LogP contribution in [0, 0.1) is 6.92 Å². The summed E-state index contributed by atoms with van der Waals surface area (Å²) in [6, 6.07) is 4.86. The third-order valence-corrected chi connectivity index (χ3v) is 4.93. The van der Waals surface area contributed by atoms with Gasteiger partial charge in [-0.1, -0.05) is 41.0 Å². The zero-order valence-electron chi connectivity index (χ0n) is 13.9. The van der Waals surface area contributed by atoms with E-state index in [1.165, 1.54) is 0 Å². The number of esters is 1. The summed E-state index contributed by atoms with van der Waals surface area (Å²) < 4.78 is 4.97. The highest BCUT2D eigenvalue weighted by Gasteiger charge is 2.20. The second-order valence-corrected chi connectivity index (χ2v) is 6.76. The molecule has 0 aliphatic carbocycles. The molecule has 7 nitrogen and oxygen atoms in total. The molecule has 1 heterocycles. The fourth-order valence-corrected chi connectivity index (χ4v) is 3.24. The Kier molecular flexibility index (Phi) is 7.07. The van der Waals surface area contributed by atoms with Crippen molar-refractivity contribution in [2.75, 3.05) is 17.7 Å². The highest BCUT2D eigenvalue weighted by Crippen LogP contribution is 2.30. The quantitative estimate of drug-likeness (QED) is 0.426. The van der Waals surface area contributed by atoms with E-state index < -0.39 is 17.6 Å². The molecule has 0 aliphatic heterocycles. The number of carbonyl (C=O) groups is 2. The van der Waals surface area contributed by atoms with Gasteiger partial charge in [-0.15, -0.1) is 0 Å². The molecule has 0 atom stereocenters. The standard InChI is InChI=1S/C16H15Cl2N3O4S/c1-3-25-15(23)12-8(2)19-16(24)21-14(12)26-7-11(22)20-10-6-4-5-9(17)13(10)18/h4-6H,3,7H2,1-2H3,(H,20,22)(H,19,21,24). The summed E-state index contributed by atoms with van der Waals surface area (Å²) in [6.45, 7) is 3.40. The predicted molar refractivity (Wildman–Crippen MR) is 101 cm³/mol. The normalized spacial score (nSPS) is 10.5. The van der Waals surface area contributed by atoms with Crippen LogP contribution in [0.15, 0.2) is 28.0 Å². The third kappa shape index (κ3) is 5.00. The van der Waals surface area contributed by atoms with E-state index in [0.29, 0.717) is 16.4 Å². The average Bonchev–Trinajstić information content (AvgIpc) is 2.56. The number of aromatic nitrogens is 2. The van der Waals surface area contributed by atoms with Crippen LogP contribution in [0.3, 0.4) is 0 Å². The molecular weight excluding hydrogens is 401 g/mol. The number of aromatic amines is 1. The number of ether oxygens (including phenoxy) is 1. The molecule has 0 fully saturated rings. The molecule has 2 N–H and O–H groups in total. The van der Waals surface area contributed by atoms with Gasteiger partial charge in [0.25, 0.3) is 0 Å². The molecule has 1 aromatic heterocycles.